The van der Waals surface area contributed by atoms with Crippen LogP contribution in [-0.4, -0.2) is 10.8 Å². The second-order valence-corrected chi connectivity index (χ2v) is 8.25. The number of allylic oxidation sites excluding steroid dienone is 1. The third-order valence-corrected chi connectivity index (χ3v) is 5.67. The number of ketones is 1. The zero-order valence-electron chi connectivity index (χ0n) is 15.1. The van der Waals surface area contributed by atoms with Crippen molar-refractivity contribution in [2.24, 2.45) is 5.41 Å². The van der Waals surface area contributed by atoms with Crippen LogP contribution in [0.3, 0.4) is 0 Å². The van der Waals surface area contributed by atoms with Gasteiger partial charge in [-0.15, -0.1) is 0 Å². The Morgan fingerprint density at radius 1 is 1.00 bits per heavy atom. The van der Waals surface area contributed by atoms with E-state index in [2.05, 4.69) is 66.6 Å². The first kappa shape index (κ1) is 15.4. The summed E-state index contributed by atoms with van der Waals surface area (Å²) in [7, 11) is 0. The predicted octanol–water partition coefficient (Wildman–Crippen LogP) is 5.48. The van der Waals surface area contributed by atoms with Gasteiger partial charge in [0.25, 0.3) is 0 Å². The van der Waals surface area contributed by atoms with Crippen LogP contribution >= 0.6 is 0 Å². The molecule has 0 spiro atoms. The van der Waals surface area contributed by atoms with E-state index < -0.39 is 0 Å². The minimum absolute atomic E-state index is 0.0121. The number of aromatic amines is 1. The monoisotopic (exact) mass is 342 g/mol. The van der Waals surface area contributed by atoms with Crippen molar-refractivity contribution in [1.82, 2.24) is 4.98 Å². The largest absolute Gasteiger partial charge is 0.372 e. The van der Waals surface area contributed by atoms with Crippen molar-refractivity contribution in [2.75, 3.05) is 5.32 Å². The van der Waals surface area contributed by atoms with Crippen LogP contribution in [0.15, 0.2) is 60.3 Å². The van der Waals surface area contributed by atoms with Gasteiger partial charge >= 0.3 is 0 Å². The van der Waals surface area contributed by atoms with Gasteiger partial charge in [-0.1, -0.05) is 44.2 Å². The van der Waals surface area contributed by atoms with Crippen LogP contribution in [-0.2, 0) is 4.79 Å². The van der Waals surface area contributed by atoms with Crippen molar-refractivity contribution in [3.63, 3.8) is 0 Å². The smallest absolute Gasteiger partial charge is 0.162 e. The Hall–Kier alpha value is -2.81. The molecule has 1 aliphatic heterocycles. The topological polar surface area (TPSA) is 44.9 Å². The molecule has 0 amide bonds. The van der Waals surface area contributed by atoms with Crippen LogP contribution in [0.5, 0.6) is 0 Å². The van der Waals surface area contributed by atoms with E-state index in [1.54, 1.807) is 0 Å². The van der Waals surface area contributed by atoms with Crippen LogP contribution in [0.25, 0.3) is 16.3 Å². The van der Waals surface area contributed by atoms with E-state index in [-0.39, 0.29) is 17.2 Å². The summed E-state index contributed by atoms with van der Waals surface area (Å²) in [5, 5.41) is 6.08. The lowest BCUT2D eigenvalue weighted by Gasteiger charge is -2.39. The fraction of sp³-hybridized carbons (Fsp3) is 0.261. The molecule has 0 fully saturated rings. The van der Waals surface area contributed by atoms with E-state index in [1.807, 2.05) is 12.3 Å². The summed E-state index contributed by atoms with van der Waals surface area (Å²) in [5.41, 5.74) is 5.52. The number of carbonyl (C=O) groups is 1. The maximum atomic E-state index is 13.2. The van der Waals surface area contributed by atoms with Crippen molar-refractivity contribution in [3.05, 3.63) is 71.6 Å². The molecule has 0 radical (unpaired) electrons. The van der Waals surface area contributed by atoms with Crippen LogP contribution in [0, 0.1) is 5.41 Å². The van der Waals surface area contributed by atoms with Gasteiger partial charge in [-0.05, 0) is 46.4 Å². The molecule has 1 aliphatic carbocycles. The molecule has 3 nitrogen and oxygen atoms in total. The summed E-state index contributed by atoms with van der Waals surface area (Å²) in [6.45, 7) is 4.40. The van der Waals surface area contributed by atoms with E-state index in [1.165, 1.54) is 21.9 Å². The third kappa shape index (κ3) is 2.23. The molecule has 26 heavy (non-hydrogen) atoms. The van der Waals surface area contributed by atoms with E-state index in [0.29, 0.717) is 6.42 Å². The number of Topliss-reactive ketones (excluding diaryl/α,β-unsaturated/α-hetero) is 1. The molecule has 0 unspecified atom stereocenters. The molecule has 130 valence electrons. The summed E-state index contributed by atoms with van der Waals surface area (Å²) in [4.78, 5) is 16.5. The molecular formula is C23H22N2O. The number of anilines is 1. The lowest BCUT2D eigenvalue weighted by Crippen LogP contribution is -2.33. The minimum atomic E-state index is -0.0998. The Morgan fingerprint density at radius 3 is 2.65 bits per heavy atom. The van der Waals surface area contributed by atoms with Crippen molar-refractivity contribution in [3.8, 4) is 0 Å². The standard InChI is InChI=1S/C23H22N2O/c1-23(2)12-16-20-15-7-4-3-6-14(15)9-10-17(20)25-22(18-8-5-11-24-18)21(16)19(26)13-23/h3-11,22,24-25H,12-13H2,1-2H3/t22-/m1/s1. The van der Waals surface area contributed by atoms with Crippen molar-refractivity contribution >= 4 is 27.8 Å². The summed E-state index contributed by atoms with van der Waals surface area (Å²) in [5.74, 6) is 0.266. The zero-order chi connectivity index (χ0) is 17.9. The number of H-pyrrole nitrogens is 1. The number of hydrogen-bond acceptors (Lipinski definition) is 2. The Balaban J connectivity index is 1.83. The maximum Gasteiger partial charge on any atom is 0.162 e. The Morgan fingerprint density at radius 2 is 1.85 bits per heavy atom. The first-order valence-corrected chi connectivity index (χ1v) is 9.22. The van der Waals surface area contributed by atoms with Gasteiger partial charge in [-0.25, -0.2) is 0 Å². The van der Waals surface area contributed by atoms with Crippen LogP contribution < -0.4 is 5.32 Å². The van der Waals surface area contributed by atoms with Gasteiger partial charge < -0.3 is 10.3 Å². The van der Waals surface area contributed by atoms with Gasteiger partial charge in [0.05, 0.1) is 6.04 Å². The number of carbonyl (C=O) groups excluding carboxylic acids is 1. The van der Waals surface area contributed by atoms with Crippen molar-refractivity contribution in [2.45, 2.75) is 32.7 Å². The predicted molar refractivity (Wildman–Crippen MR) is 106 cm³/mol. The van der Waals surface area contributed by atoms with E-state index >= 15 is 0 Å². The van der Waals surface area contributed by atoms with E-state index in [0.717, 1.165) is 23.4 Å². The number of aromatic nitrogens is 1. The van der Waals surface area contributed by atoms with Crippen LogP contribution in [0.1, 0.15) is 44.0 Å². The number of benzene rings is 2. The molecular weight excluding hydrogens is 320 g/mol. The van der Waals surface area contributed by atoms with Gasteiger partial charge in [0, 0.05) is 35.1 Å². The molecule has 0 saturated carbocycles. The first-order valence-electron chi connectivity index (χ1n) is 9.22. The zero-order valence-corrected chi connectivity index (χ0v) is 15.1. The number of fused-ring (bicyclic) bond motifs is 4. The molecule has 0 saturated heterocycles. The van der Waals surface area contributed by atoms with Crippen LogP contribution in [0.2, 0.25) is 0 Å². The molecule has 2 aromatic carbocycles. The van der Waals surface area contributed by atoms with Gasteiger partial charge in [0.15, 0.2) is 5.78 Å². The van der Waals surface area contributed by atoms with Gasteiger partial charge in [0.2, 0.25) is 0 Å². The average molecular weight is 342 g/mol. The molecule has 3 aromatic rings. The molecule has 2 aliphatic rings. The molecule has 5 rings (SSSR count). The SMILES string of the molecule is CC1(C)CC(=O)C2=C(C1)c1c(ccc3ccccc13)N[C@@H]2c1ccc[nH]1. The highest BCUT2D eigenvalue weighted by Gasteiger charge is 2.40. The normalized spacial score (nSPS) is 21.3. The summed E-state index contributed by atoms with van der Waals surface area (Å²) < 4.78 is 0. The molecule has 1 aromatic heterocycles. The average Bonchev–Trinajstić information content (AvgIpc) is 3.14. The van der Waals surface area contributed by atoms with E-state index in [9.17, 15) is 4.79 Å². The van der Waals surface area contributed by atoms with Crippen molar-refractivity contribution < 1.29 is 4.79 Å². The summed E-state index contributed by atoms with van der Waals surface area (Å²) >= 11 is 0. The molecule has 3 heteroatoms. The Labute approximate surface area is 153 Å². The molecule has 1 atom stereocenters. The highest BCUT2D eigenvalue weighted by molar-refractivity contribution is 6.12. The second-order valence-electron chi connectivity index (χ2n) is 8.25. The highest BCUT2D eigenvalue weighted by Crippen LogP contribution is 2.51. The lowest BCUT2D eigenvalue weighted by atomic mass is 9.68. The summed E-state index contributed by atoms with van der Waals surface area (Å²) in [6.07, 6.45) is 3.45. The lowest BCUT2D eigenvalue weighted by molar-refractivity contribution is -0.118. The quantitative estimate of drug-likeness (QED) is 0.615. The fourth-order valence-electron chi connectivity index (χ4n) is 4.59. The second kappa shape index (κ2) is 5.34. The Bertz CT molecular complexity index is 1060. The number of rotatable bonds is 1. The number of hydrogen-bond donors (Lipinski definition) is 2. The number of nitrogens with one attached hydrogen (secondary N) is 2. The van der Waals surface area contributed by atoms with Crippen LogP contribution in [0.4, 0.5) is 5.69 Å². The molecule has 2 N–H and O–H groups in total. The molecule has 2 heterocycles. The van der Waals surface area contributed by atoms with Crippen molar-refractivity contribution in [1.29, 1.82) is 0 Å². The Kier molecular flexibility index (Phi) is 3.17. The fourth-order valence-corrected chi connectivity index (χ4v) is 4.59. The highest BCUT2D eigenvalue weighted by atomic mass is 16.1. The minimum Gasteiger partial charge on any atom is -0.372 e. The van der Waals surface area contributed by atoms with Gasteiger partial charge in [0.1, 0.15) is 0 Å². The molecule has 0 bridgehead atoms. The first-order chi connectivity index (χ1) is 12.5. The van der Waals surface area contributed by atoms with Gasteiger partial charge in [-0.3, -0.25) is 4.79 Å². The summed E-state index contributed by atoms with van der Waals surface area (Å²) in [6, 6.07) is 16.7. The van der Waals surface area contributed by atoms with E-state index in [4.69, 9.17) is 0 Å². The van der Waals surface area contributed by atoms with Gasteiger partial charge in [-0.2, -0.15) is 0 Å². The third-order valence-electron chi connectivity index (χ3n) is 5.67. The maximum absolute atomic E-state index is 13.2.